The van der Waals surface area contributed by atoms with Crippen LogP contribution in [0.4, 0.5) is 5.95 Å². The lowest BCUT2D eigenvalue weighted by Gasteiger charge is -2.16. The zero-order valence-corrected chi connectivity index (χ0v) is 14.1. The molecule has 0 saturated heterocycles. The van der Waals surface area contributed by atoms with Gasteiger partial charge in [-0.25, -0.2) is 9.97 Å². The summed E-state index contributed by atoms with van der Waals surface area (Å²) >= 11 is 0. The Morgan fingerprint density at radius 3 is 2.81 bits per heavy atom. The quantitative estimate of drug-likeness (QED) is 0.785. The lowest BCUT2D eigenvalue weighted by molar-refractivity contribution is 0.169. The molecule has 3 heterocycles. The van der Waals surface area contributed by atoms with Crippen LogP contribution in [0.15, 0.2) is 72.0 Å². The first kappa shape index (κ1) is 16.1. The SMILES string of the molecule is Nc1ncc(-c2ccc(=O)n(Cc3ccccc3)c2)c(C2CC=CO2)n1. The highest BCUT2D eigenvalue weighted by atomic mass is 16.5. The van der Waals surface area contributed by atoms with Crippen molar-refractivity contribution in [2.75, 3.05) is 5.73 Å². The van der Waals surface area contributed by atoms with Crippen molar-refractivity contribution in [3.8, 4) is 11.1 Å². The molecule has 6 nitrogen and oxygen atoms in total. The predicted molar refractivity (Wildman–Crippen MR) is 99.3 cm³/mol. The molecule has 2 aromatic heterocycles. The highest BCUT2D eigenvalue weighted by Crippen LogP contribution is 2.33. The maximum Gasteiger partial charge on any atom is 0.250 e. The van der Waals surface area contributed by atoms with Gasteiger partial charge in [-0.05, 0) is 17.7 Å². The minimum absolute atomic E-state index is 0.0608. The number of nitrogens with zero attached hydrogens (tertiary/aromatic N) is 3. The molecule has 26 heavy (non-hydrogen) atoms. The Balaban J connectivity index is 1.75. The van der Waals surface area contributed by atoms with Crippen LogP contribution >= 0.6 is 0 Å². The van der Waals surface area contributed by atoms with E-state index in [9.17, 15) is 4.79 Å². The molecular weight excluding hydrogens is 328 g/mol. The molecule has 2 N–H and O–H groups in total. The van der Waals surface area contributed by atoms with Crippen molar-refractivity contribution in [1.29, 1.82) is 0 Å². The number of rotatable bonds is 4. The van der Waals surface area contributed by atoms with Crippen molar-refractivity contribution in [3.05, 3.63) is 88.8 Å². The molecule has 0 fully saturated rings. The topological polar surface area (TPSA) is 83.0 Å². The fourth-order valence-corrected chi connectivity index (χ4v) is 3.03. The van der Waals surface area contributed by atoms with Gasteiger partial charge in [0.15, 0.2) is 0 Å². The van der Waals surface area contributed by atoms with Gasteiger partial charge in [0.25, 0.3) is 5.56 Å². The van der Waals surface area contributed by atoms with E-state index in [1.165, 1.54) is 0 Å². The maximum atomic E-state index is 12.3. The lowest BCUT2D eigenvalue weighted by Crippen LogP contribution is -2.19. The molecule has 130 valence electrons. The molecule has 1 aromatic carbocycles. The lowest BCUT2D eigenvalue weighted by atomic mass is 10.0. The van der Waals surface area contributed by atoms with E-state index in [0.29, 0.717) is 6.54 Å². The summed E-state index contributed by atoms with van der Waals surface area (Å²) in [6.45, 7) is 0.500. The number of anilines is 1. The van der Waals surface area contributed by atoms with E-state index in [0.717, 1.165) is 28.8 Å². The van der Waals surface area contributed by atoms with E-state index in [-0.39, 0.29) is 17.6 Å². The van der Waals surface area contributed by atoms with E-state index in [1.54, 1.807) is 29.2 Å². The van der Waals surface area contributed by atoms with Gasteiger partial charge in [-0.15, -0.1) is 0 Å². The van der Waals surface area contributed by atoms with E-state index in [4.69, 9.17) is 10.5 Å². The molecule has 0 spiro atoms. The third-order valence-corrected chi connectivity index (χ3v) is 4.32. The van der Waals surface area contributed by atoms with Crippen LogP contribution < -0.4 is 11.3 Å². The summed E-state index contributed by atoms with van der Waals surface area (Å²) in [5.74, 6) is 0.205. The molecule has 1 aliphatic rings. The number of benzene rings is 1. The zero-order chi connectivity index (χ0) is 17.9. The first-order valence-electron chi connectivity index (χ1n) is 8.38. The third kappa shape index (κ3) is 3.21. The van der Waals surface area contributed by atoms with Crippen LogP contribution in [-0.4, -0.2) is 14.5 Å². The molecule has 1 aliphatic heterocycles. The second kappa shape index (κ2) is 6.84. The van der Waals surface area contributed by atoms with Crippen molar-refractivity contribution in [2.24, 2.45) is 0 Å². The van der Waals surface area contributed by atoms with Crippen LogP contribution in [0.5, 0.6) is 0 Å². The molecular formula is C20H18N4O2. The van der Waals surface area contributed by atoms with E-state index in [1.807, 2.05) is 42.6 Å². The first-order valence-corrected chi connectivity index (χ1v) is 8.38. The number of nitrogens with two attached hydrogens (primary N) is 1. The molecule has 0 radical (unpaired) electrons. The molecule has 0 amide bonds. The van der Waals surface area contributed by atoms with Gasteiger partial charge < -0.3 is 15.0 Å². The molecule has 1 unspecified atom stereocenters. The standard InChI is InChI=1S/C20H18N4O2/c21-20-22-11-16(19(23-20)17-7-4-10-26-17)15-8-9-18(25)24(13-15)12-14-5-2-1-3-6-14/h1-6,8-11,13,17H,7,12H2,(H2,21,22,23). The number of pyridine rings is 1. The summed E-state index contributed by atoms with van der Waals surface area (Å²) in [6.07, 6.45) is 7.67. The molecule has 0 aliphatic carbocycles. The summed E-state index contributed by atoms with van der Waals surface area (Å²) in [6, 6.07) is 13.2. The molecule has 6 heteroatoms. The summed E-state index contributed by atoms with van der Waals surface area (Å²) in [4.78, 5) is 20.8. The highest BCUT2D eigenvalue weighted by Gasteiger charge is 2.21. The Bertz CT molecular complexity index is 1000. The van der Waals surface area contributed by atoms with E-state index >= 15 is 0 Å². The van der Waals surface area contributed by atoms with Crippen LogP contribution in [0.2, 0.25) is 0 Å². The monoisotopic (exact) mass is 346 g/mol. The van der Waals surface area contributed by atoms with Crippen molar-refractivity contribution < 1.29 is 4.74 Å². The highest BCUT2D eigenvalue weighted by molar-refractivity contribution is 5.65. The van der Waals surface area contributed by atoms with Gasteiger partial charge in [0.2, 0.25) is 5.95 Å². The Kier molecular flexibility index (Phi) is 4.23. The van der Waals surface area contributed by atoms with Gasteiger partial charge in [0, 0.05) is 36.0 Å². The summed E-state index contributed by atoms with van der Waals surface area (Å²) in [7, 11) is 0. The van der Waals surface area contributed by atoms with E-state index in [2.05, 4.69) is 9.97 Å². The molecule has 0 bridgehead atoms. The van der Waals surface area contributed by atoms with Crippen LogP contribution in [-0.2, 0) is 11.3 Å². The first-order chi connectivity index (χ1) is 12.7. The number of hydrogen-bond donors (Lipinski definition) is 1. The molecule has 3 aromatic rings. The number of hydrogen-bond acceptors (Lipinski definition) is 5. The number of ether oxygens (including phenoxy) is 1. The Labute approximate surface area is 150 Å². The second-order valence-corrected chi connectivity index (χ2v) is 6.13. The minimum atomic E-state index is -0.190. The average Bonchev–Trinajstić information content (AvgIpc) is 3.19. The smallest absolute Gasteiger partial charge is 0.250 e. The zero-order valence-electron chi connectivity index (χ0n) is 14.1. The van der Waals surface area contributed by atoms with Crippen LogP contribution in [0, 0.1) is 0 Å². The minimum Gasteiger partial charge on any atom is -0.492 e. The Morgan fingerprint density at radius 1 is 1.19 bits per heavy atom. The van der Waals surface area contributed by atoms with Gasteiger partial charge >= 0.3 is 0 Å². The second-order valence-electron chi connectivity index (χ2n) is 6.13. The number of nitrogen functional groups attached to an aromatic ring is 1. The Morgan fingerprint density at radius 2 is 2.04 bits per heavy atom. The van der Waals surface area contributed by atoms with Crippen LogP contribution in [0.1, 0.15) is 23.8 Å². The normalized spacial score (nSPS) is 15.8. The molecule has 0 saturated carbocycles. The third-order valence-electron chi connectivity index (χ3n) is 4.32. The summed E-state index contributed by atoms with van der Waals surface area (Å²) in [5.41, 5.74) is 9.17. The predicted octanol–water partition coefficient (Wildman–Crippen LogP) is 2.91. The van der Waals surface area contributed by atoms with Crippen molar-refractivity contribution in [3.63, 3.8) is 0 Å². The summed E-state index contributed by atoms with van der Waals surface area (Å²) in [5, 5.41) is 0. The van der Waals surface area contributed by atoms with Crippen molar-refractivity contribution in [1.82, 2.24) is 14.5 Å². The van der Waals surface area contributed by atoms with Gasteiger partial charge in [0.1, 0.15) is 6.10 Å². The fourth-order valence-electron chi connectivity index (χ4n) is 3.03. The fraction of sp³-hybridized carbons (Fsp3) is 0.150. The molecule has 1 atom stereocenters. The average molecular weight is 346 g/mol. The van der Waals surface area contributed by atoms with Crippen LogP contribution in [0.25, 0.3) is 11.1 Å². The van der Waals surface area contributed by atoms with E-state index < -0.39 is 0 Å². The van der Waals surface area contributed by atoms with Gasteiger partial charge in [-0.2, -0.15) is 0 Å². The summed E-state index contributed by atoms with van der Waals surface area (Å²) < 4.78 is 7.29. The van der Waals surface area contributed by atoms with Gasteiger partial charge in [0.05, 0.1) is 18.5 Å². The van der Waals surface area contributed by atoms with Crippen molar-refractivity contribution in [2.45, 2.75) is 19.1 Å². The van der Waals surface area contributed by atoms with Crippen molar-refractivity contribution >= 4 is 5.95 Å². The maximum absolute atomic E-state index is 12.3. The molecule has 4 rings (SSSR count). The number of aromatic nitrogens is 3. The Hall–Kier alpha value is -3.41. The van der Waals surface area contributed by atoms with Crippen LogP contribution in [0.3, 0.4) is 0 Å². The largest absolute Gasteiger partial charge is 0.492 e. The van der Waals surface area contributed by atoms with Gasteiger partial charge in [-0.1, -0.05) is 30.3 Å². The van der Waals surface area contributed by atoms with Gasteiger partial charge in [-0.3, -0.25) is 4.79 Å².